The van der Waals surface area contributed by atoms with Gasteiger partial charge in [-0.1, -0.05) is 29.8 Å². The maximum Gasteiger partial charge on any atom is 0.331 e. The van der Waals surface area contributed by atoms with E-state index in [1.807, 2.05) is 6.92 Å². The smallest absolute Gasteiger partial charge is 0.331 e. The third-order valence-corrected chi connectivity index (χ3v) is 2.46. The molecule has 5 nitrogen and oxygen atoms in total. The zero-order valence-electron chi connectivity index (χ0n) is 10.2. The fourth-order valence-electron chi connectivity index (χ4n) is 1.21. The standard InChI is InChI=1S/C13H12ClNO4/c1-2-3-8-19-13(16)7-5-10-4-6-11(14)12(9-10)15(17)18/h2-7,9H,8H2,1H3/b3-2+,7-5+. The quantitative estimate of drug-likeness (QED) is 0.273. The molecule has 0 unspecified atom stereocenters. The molecule has 19 heavy (non-hydrogen) atoms. The Kier molecular flexibility index (Phi) is 5.75. The molecule has 0 saturated heterocycles. The van der Waals surface area contributed by atoms with Gasteiger partial charge in [0.15, 0.2) is 0 Å². The highest BCUT2D eigenvalue weighted by Gasteiger charge is 2.11. The van der Waals surface area contributed by atoms with E-state index in [9.17, 15) is 14.9 Å². The van der Waals surface area contributed by atoms with Crippen LogP contribution in [0, 0.1) is 10.1 Å². The summed E-state index contributed by atoms with van der Waals surface area (Å²) in [5.41, 5.74) is 0.296. The van der Waals surface area contributed by atoms with Gasteiger partial charge in [0.25, 0.3) is 5.69 Å². The summed E-state index contributed by atoms with van der Waals surface area (Å²) in [7, 11) is 0. The molecule has 0 aromatic heterocycles. The van der Waals surface area contributed by atoms with Crippen LogP contribution in [0.2, 0.25) is 5.02 Å². The van der Waals surface area contributed by atoms with Crippen molar-refractivity contribution in [2.24, 2.45) is 0 Å². The zero-order valence-corrected chi connectivity index (χ0v) is 11.0. The minimum atomic E-state index is -0.579. The first-order valence-corrected chi connectivity index (χ1v) is 5.82. The second-order valence-corrected chi connectivity index (χ2v) is 3.91. The van der Waals surface area contributed by atoms with E-state index in [-0.39, 0.29) is 17.3 Å². The van der Waals surface area contributed by atoms with Gasteiger partial charge in [0.05, 0.1) is 4.92 Å². The highest BCUT2D eigenvalue weighted by molar-refractivity contribution is 6.32. The van der Waals surface area contributed by atoms with E-state index in [1.54, 1.807) is 18.2 Å². The van der Waals surface area contributed by atoms with Gasteiger partial charge in [0.2, 0.25) is 0 Å². The fourth-order valence-corrected chi connectivity index (χ4v) is 1.40. The molecule has 100 valence electrons. The first-order chi connectivity index (χ1) is 9.04. The molecular weight excluding hydrogens is 270 g/mol. The first kappa shape index (κ1) is 14.9. The molecule has 6 heteroatoms. The number of nitrogens with zero attached hydrogens (tertiary/aromatic N) is 1. The van der Waals surface area contributed by atoms with Gasteiger partial charge in [-0.2, -0.15) is 0 Å². The van der Waals surface area contributed by atoms with Crippen LogP contribution in [0.4, 0.5) is 5.69 Å². The van der Waals surface area contributed by atoms with Gasteiger partial charge in [-0.05, 0) is 24.6 Å². The molecule has 0 fully saturated rings. The predicted molar refractivity (Wildman–Crippen MR) is 72.9 cm³/mol. The number of halogens is 1. The second kappa shape index (κ2) is 7.33. The summed E-state index contributed by atoms with van der Waals surface area (Å²) in [4.78, 5) is 21.4. The maximum absolute atomic E-state index is 11.3. The highest BCUT2D eigenvalue weighted by atomic mass is 35.5. The molecule has 0 aliphatic carbocycles. The summed E-state index contributed by atoms with van der Waals surface area (Å²) in [5, 5.41) is 10.7. The molecule has 0 saturated carbocycles. The lowest BCUT2D eigenvalue weighted by Crippen LogP contribution is -1.99. The molecule has 0 heterocycles. The van der Waals surface area contributed by atoms with Gasteiger partial charge in [-0.3, -0.25) is 10.1 Å². The Labute approximate surface area is 115 Å². The third-order valence-electron chi connectivity index (χ3n) is 2.14. The number of hydrogen-bond donors (Lipinski definition) is 0. The van der Waals surface area contributed by atoms with E-state index in [2.05, 4.69) is 0 Å². The van der Waals surface area contributed by atoms with Crippen molar-refractivity contribution in [3.63, 3.8) is 0 Å². The number of carbonyl (C=O) groups excluding carboxylic acids is 1. The van der Waals surface area contributed by atoms with Crippen LogP contribution in [0.25, 0.3) is 6.08 Å². The van der Waals surface area contributed by atoms with Crippen molar-refractivity contribution in [1.82, 2.24) is 0 Å². The van der Waals surface area contributed by atoms with Gasteiger partial charge in [-0.25, -0.2) is 4.79 Å². The number of nitro groups is 1. The minimum Gasteiger partial charge on any atom is -0.458 e. The zero-order chi connectivity index (χ0) is 14.3. The van der Waals surface area contributed by atoms with Gasteiger partial charge in [0, 0.05) is 12.1 Å². The van der Waals surface area contributed by atoms with E-state index in [4.69, 9.17) is 16.3 Å². The van der Waals surface area contributed by atoms with Crippen LogP contribution in [-0.4, -0.2) is 17.5 Å². The number of ether oxygens (including phenoxy) is 1. The average molecular weight is 282 g/mol. The number of allylic oxidation sites excluding steroid dienone is 1. The number of esters is 1. The van der Waals surface area contributed by atoms with Crippen LogP contribution in [0.1, 0.15) is 12.5 Å². The van der Waals surface area contributed by atoms with Gasteiger partial charge < -0.3 is 4.74 Å². The van der Waals surface area contributed by atoms with E-state index in [0.29, 0.717) is 5.56 Å². The minimum absolute atomic E-state index is 0.0535. The topological polar surface area (TPSA) is 69.4 Å². The molecule has 1 rings (SSSR count). The normalized spacial score (nSPS) is 11.1. The Bertz CT molecular complexity index is 537. The van der Waals surface area contributed by atoms with Gasteiger partial charge >= 0.3 is 5.97 Å². The van der Waals surface area contributed by atoms with E-state index >= 15 is 0 Å². The molecule has 0 atom stereocenters. The van der Waals surface area contributed by atoms with Crippen LogP contribution in [0.3, 0.4) is 0 Å². The number of nitro benzene ring substituents is 1. The highest BCUT2D eigenvalue weighted by Crippen LogP contribution is 2.25. The van der Waals surface area contributed by atoms with Gasteiger partial charge in [-0.15, -0.1) is 0 Å². The molecular formula is C13H12ClNO4. The summed E-state index contributed by atoms with van der Waals surface area (Å²) in [6.07, 6.45) is 6.09. The van der Waals surface area contributed by atoms with Crippen LogP contribution in [0.5, 0.6) is 0 Å². The lowest BCUT2D eigenvalue weighted by atomic mass is 10.2. The first-order valence-electron chi connectivity index (χ1n) is 5.44. The molecule has 0 spiro atoms. The lowest BCUT2D eigenvalue weighted by Gasteiger charge is -1.98. The Morgan fingerprint density at radius 1 is 1.53 bits per heavy atom. The average Bonchev–Trinajstić information content (AvgIpc) is 2.37. The number of carbonyl (C=O) groups is 1. The molecule has 0 amide bonds. The predicted octanol–water partition coefficient (Wildman–Crippen LogP) is 3.38. The Morgan fingerprint density at radius 3 is 2.89 bits per heavy atom. The summed E-state index contributed by atoms with van der Waals surface area (Å²) in [6.45, 7) is 2.01. The van der Waals surface area contributed by atoms with Crippen LogP contribution < -0.4 is 0 Å². The van der Waals surface area contributed by atoms with Crippen molar-refractivity contribution in [2.75, 3.05) is 6.61 Å². The molecule has 1 aromatic carbocycles. The summed E-state index contributed by atoms with van der Waals surface area (Å²) in [5.74, 6) is -0.518. The molecule has 0 aliphatic heterocycles. The van der Waals surface area contributed by atoms with Crippen LogP contribution in [-0.2, 0) is 9.53 Å². The Balaban J connectivity index is 2.74. The lowest BCUT2D eigenvalue weighted by molar-refractivity contribution is -0.384. The van der Waals surface area contributed by atoms with Crippen molar-refractivity contribution in [3.8, 4) is 0 Å². The fraction of sp³-hybridized carbons (Fsp3) is 0.154. The van der Waals surface area contributed by atoms with Crippen molar-refractivity contribution >= 4 is 29.3 Å². The Morgan fingerprint density at radius 2 is 2.26 bits per heavy atom. The summed E-state index contributed by atoms with van der Waals surface area (Å²) in [6, 6.07) is 4.27. The van der Waals surface area contributed by atoms with E-state index in [1.165, 1.54) is 24.3 Å². The molecule has 0 bridgehead atoms. The third kappa shape index (κ3) is 4.93. The largest absolute Gasteiger partial charge is 0.458 e. The monoisotopic (exact) mass is 281 g/mol. The maximum atomic E-state index is 11.3. The van der Waals surface area contributed by atoms with E-state index in [0.717, 1.165) is 0 Å². The van der Waals surface area contributed by atoms with Crippen molar-refractivity contribution < 1.29 is 14.5 Å². The number of benzene rings is 1. The second-order valence-electron chi connectivity index (χ2n) is 3.50. The number of hydrogen-bond acceptors (Lipinski definition) is 4. The summed E-state index contributed by atoms with van der Waals surface area (Å²) >= 11 is 5.67. The molecule has 0 aliphatic rings. The van der Waals surface area contributed by atoms with Crippen LogP contribution >= 0.6 is 11.6 Å². The summed E-state index contributed by atoms with van der Waals surface area (Å²) < 4.78 is 4.83. The molecule has 0 radical (unpaired) electrons. The van der Waals surface area contributed by atoms with Crippen molar-refractivity contribution in [3.05, 3.63) is 57.1 Å². The van der Waals surface area contributed by atoms with Crippen molar-refractivity contribution in [2.45, 2.75) is 6.92 Å². The van der Waals surface area contributed by atoms with Crippen molar-refractivity contribution in [1.29, 1.82) is 0 Å². The Hall–Kier alpha value is -2.14. The van der Waals surface area contributed by atoms with Gasteiger partial charge in [0.1, 0.15) is 11.6 Å². The van der Waals surface area contributed by atoms with E-state index < -0.39 is 10.9 Å². The molecule has 0 N–H and O–H groups in total. The number of rotatable bonds is 5. The molecule has 1 aromatic rings. The van der Waals surface area contributed by atoms with Crippen LogP contribution in [0.15, 0.2) is 36.4 Å². The SMILES string of the molecule is C/C=C/COC(=O)/C=C/c1ccc(Cl)c([N+](=O)[O-])c1.